The van der Waals surface area contributed by atoms with Gasteiger partial charge < -0.3 is 0 Å². The normalized spacial score (nSPS) is 20.1. The molecule has 0 bridgehead atoms. The molecule has 27 heavy (non-hydrogen) atoms. The van der Waals surface area contributed by atoms with Gasteiger partial charge in [-0.05, 0) is 48.7 Å². The lowest BCUT2D eigenvalue weighted by Crippen LogP contribution is -2.40. The highest BCUT2D eigenvalue weighted by Gasteiger charge is 2.40. The fourth-order valence-corrected chi connectivity index (χ4v) is 4.88. The average molecular weight is 465 g/mol. The van der Waals surface area contributed by atoms with E-state index in [1.807, 2.05) is 30.3 Å². The third-order valence-corrected chi connectivity index (χ3v) is 6.14. The maximum Gasteiger partial charge on any atom is 0.232 e. The highest BCUT2D eigenvalue weighted by molar-refractivity contribution is 9.10. The number of amides is 1. The van der Waals surface area contributed by atoms with Crippen LogP contribution in [0.4, 0.5) is 5.69 Å². The SMILES string of the molecule is O=C1CCCC2=C1C(c1ccc(Cl)cc1Cl)CC(=O)N2c1cccc(Br)c1. The van der Waals surface area contributed by atoms with Gasteiger partial charge in [-0.2, -0.15) is 0 Å². The standard InChI is InChI=1S/C21H16BrCl2NO2/c22-12-3-1-4-14(9-12)25-18-5-2-6-19(26)21(18)16(11-20(25)27)15-8-7-13(23)10-17(15)24/h1,3-4,7-10,16H,2,5-6,11H2. The van der Waals surface area contributed by atoms with Crippen LogP contribution in [0.2, 0.25) is 10.0 Å². The summed E-state index contributed by atoms with van der Waals surface area (Å²) in [4.78, 5) is 27.7. The summed E-state index contributed by atoms with van der Waals surface area (Å²) in [7, 11) is 0. The van der Waals surface area contributed by atoms with Crippen LogP contribution >= 0.6 is 39.1 Å². The predicted molar refractivity (Wildman–Crippen MR) is 111 cm³/mol. The van der Waals surface area contributed by atoms with Gasteiger partial charge in [0.25, 0.3) is 0 Å². The molecule has 1 heterocycles. The number of nitrogens with zero attached hydrogens (tertiary/aromatic N) is 1. The van der Waals surface area contributed by atoms with E-state index in [4.69, 9.17) is 23.2 Å². The zero-order valence-electron chi connectivity index (χ0n) is 14.3. The second-order valence-corrected chi connectivity index (χ2v) is 8.53. The van der Waals surface area contributed by atoms with Crippen molar-refractivity contribution >= 4 is 56.5 Å². The van der Waals surface area contributed by atoms with Crippen LogP contribution in [-0.2, 0) is 9.59 Å². The van der Waals surface area contributed by atoms with E-state index in [0.29, 0.717) is 28.5 Å². The number of allylic oxidation sites excluding steroid dienone is 2. The van der Waals surface area contributed by atoms with Crippen molar-refractivity contribution in [1.82, 2.24) is 0 Å². The number of carbonyl (C=O) groups is 2. The van der Waals surface area contributed by atoms with Crippen molar-refractivity contribution < 1.29 is 9.59 Å². The number of Topliss-reactive ketones (excluding diaryl/α,β-unsaturated/α-hetero) is 1. The van der Waals surface area contributed by atoms with Gasteiger partial charge in [-0.25, -0.2) is 0 Å². The molecule has 3 nitrogen and oxygen atoms in total. The fourth-order valence-electron chi connectivity index (χ4n) is 3.96. The summed E-state index contributed by atoms with van der Waals surface area (Å²) in [5, 5.41) is 1.02. The van der Waals surface area contributed by atoms with E-state index < -0.39 is 0 Å². The monoisotopic (exact) mass is 463 g/mol. The van der Waals surface area contributed by atoms with E-state index >= 15 is 0 Å². The minimum atomic E-state index is -0.325. The Hall–Kier alpha value is -1.62. The Kier molecular flexibility index (Phi) is 5.15. The molecule has 1 aliphatic carbocycles. The van der Waals surface area contributed by atoms with Crippen molar-refractivity contribution in [2.75, 3.05) is 4.90 Å². The van der Waals surface area contributed by atoms with Gasteiger partial charge in [0.15, 0.2) is 5.78 Å². The van der Waals surface area contributed by atoms with Crippen LogP contribution in [0, 0.1) is 0 Å². The summed E-state index contributed by atoms with van der Waals surface area (Å²) in [5.74, 6) is -0.259. The first-order valence-corrected chi connectivity index (χ1v) is 10.3. The lowest BCUT2D eigenvalue weighted by molar-refractivity contribution is -0.119. The van der Waals surface area contributed by atoms with Gasteiger partial charge in [-0.15, -0.1) is 0 Å². The van der Waals surface area contributed by atoms with Crippen molar-refractivity contribution in [3.8, 4) is 0 Å². The largest absolute Gasteiger partial charge is 0.294 e. The van der Waals surface area contributed by atoms with Crippen LogP contribution in [0.1, 0.15) is 37.2 Å². The molecule has 138 valence electrons. The predicted octanol–water partition coefficient (Wildman–Crippen LogP) is 6.28. The molecule has 0 saturated carbocycles. The van der Waals surface area contributed by atoms with Gasteiger partial charge in [0.2, 0.25) is 5.91 Å². The molecular weight excluding hydrogens is 449 g/mol. The molecule has 0 saturated heterocycles. The van der Waals surface area contributed by atoms with Crippen molar-refractivity contribution in [3.63, 3.8) is 0 Å². The molecule has 4 rings (SSSR count). The molecule has 1 unspecified atom stereocenters. The molecule has 0 spiro atoms. The van der Waals surface area contributed by atoms with Gasteiger partial charge in [0, 0.05) is 50.2 Å². The second-order valence-electron chi connectivity index (χ2n) is 6.77. The van der Waals surface area contributed by atoms with E-state index in [1.54, 1.807) is 17.0 Å². The molecule has 6 heteroatoms. The van der Waals surface area contributed by atoms with E-state index in [0.717, 1.165) is 27.8 Å². The van der Waals surface area contributed by atoms with E-state index in [9.17, 15) is 9.59 Å². The van der Waals surface area contributed by atoms with Crippen LogP contribution in [0.5, 0.6) is 0 Å². The molecule has 2 aromatic rings. The maximum atomic E-state index is 13.1. The van der Waals surface area contributed by atoms with Crippen LogP contribution < -0.4 is 4.90 Å². The number of hydrogen-bond donors (Lipinski definition) is 0. The Morgan fingerprint density at radius 2 is 1.85 bits per heavy atom. The Bertz CT molecular complexity index is 986. The minimum absolute atomic E-state index is 0.0300. The fraction of sp³-hybridized carbons (Fsp3) is 0.238. The highest BCUT2D eigenvalue weighted by atomic mass is 79.9. The highest BCUT2D eigenvalue weighted by Crippen LogP contribution is 2.45. The first-order valence-electron chi connectivity index (χ1n) is 8.75. The number of ketones is 1. The van der Waals surface area contributed by atoms with Gasteiger partial charge in [0.05, 0.1) is 0 Å². The first kappa shape index (κ1) is 18.7. The molecule has 1 amide bonds. The van der Waals surface area contributed by atoms with Crippen LogP contribution in [0.25, 0.3) is 0 Å². The quantitative estimate of drug-likeness (QED) is 0.524. The number of carbonyl (C=O) groups excluding carboxylic acids is 2. The summed E-state index contributed by atoms with van der Waals surface area (Å²) in [6.07, 6.45) is 2.15. The Morgan fingerprint density at radius 1 is 1.04 bits per heavy atom. The number of halogens is 3. The Labute approximate surface area is 176 Å². The van der Waals surface area contributed by atoms with Gasteiger partial charge in [-0.1, -0.05) is 51.3 Å². The van der Waals surface area contributed by atoms with Crippen molar-refractivity contribution in [1.29, 1.82) is 0 Å². The lowest BCUT2D eigenvalue weighted by atomic mass is 9.77. The smallest absolute Gasteiger partial charge is 0.232 e. The summed E-state index contributed by atoms with van der Waals surface area (Å²) < 4.78 is 0.889. The summed E-state index contributed by atoms with van der Waals surface area (Å²) in [6, 6.07) is 12.8. The second kappa shape index (κ2) is 7.42. The van der Waals surface area contributed by atoms with Crippen molar-refractivity contribution in [3.05, 3.63) is 73.8 Å². The zero-order valence-corrected chi connectivity index (χ0v) is 17.4. The van der Waals surface area contributed by atoms with Gasteiger partial charge in [0.1, 0.15) is 0 Å². The van der Waals surface area contributed by atoms with Crippen LogP contribution in [0.15, 0.2) is 58.2 Å². The average Bonchev–Trinajstić information content (AvgIpc) is 2.61. The van der Waals surface area contributed by atoms with E-state index in [1.165, 1.54) is 0 Å². The molecule has 2 aliphatic rings. The maximum absolute atomic E-state index is 13.1. The van der Waals surface area contributed by atoms with Gasteiger partial charge >= 0.3 is 0 Å². The third-order valence-electron chi connectivity index (χ3n) is 5.08. The lowest BCUT2D eigenvalue weighted by Gasteiger charge is -2.38. The van der Waals surface area contributed by atoms with Crippen LogP contribution in [0.3, 0.4) is 0 Å². The molecule has 0 N–H and O–H groups in total. The third kappa shape index (κ3) is 3.46. The molecule has 0 radical (unpaired) electrons. The molecular formula is C21H16BrCl2NO2. The number of hydrogen-bond acceptors (Lipinski definition) is 2. The summed E-state index contributed by atoms with van der Waals surface area (Å²) in [5.41, 5.74) is 3.07. The summed E-state index contributed by atoms with van der Waals surface area (Å²) in [6.45, 7) is 0. The molecule has 0 aromatic heterocycles. The molecule has 2 aromatic carbocycles. The first-order chi connectivity index (χ1) is 13.0. The molecule has 1 atom stereocenters. The van der Waals surface area contributed by atoms with E-state index in [-0.39, 0.29) is 24.0 Å². The number of anilines is 1. The van der Waals surface area contributed by atoms with Gasteiger partial charge in [-0.3, -0.25) is 14.5 Å². The van der Waals surface area contributed by atoms with Crippen molar-refractivity contribution in [2.24, 2.45) is 0 Å². The number of rotatable bonds is 2. The minimum Gasteiger partial charge on any atom is -0.294 e. The van der Waals surface area contributed by atoms with Crippen LogP contribution in [-0.4, -0.2) is 11.7 Å². The Balaban J connectivity index is 1.88. The zero-order chi connectivity index (χ0) is 19.1. The topological polar surface area (TPSA) is 37.4 Å². The molecule has 0 fully saturated rings. The molecule has 1 aliphatic heterocycles. The van der Waals surface area contributed by atoms with E-state index in [2.05, 4.69) is 15.9 Å². The number of benzene rings is 2. The Morgan fingerprint density at radius 3 is 2.59 bits per heavy atom. The summed E-state index contributed by atoms with van der Waals surface area (Å²) >= 11 is 15.9. The van der Waals surface area contributed by atoms with Crippen molar-refractivity contribution in [2.45, 2.75) is 31.6 Å².